The Balaban J connectivity index is 0.000000260. The number of benzene rings is 2. The van der Waals surface area contributed by atoms with Crippen LogP contribution in [0.5, 0.6) is 0 Å². The first-order valence-corrected chi connectivity index (χ1v) is 19.5. The topological polar surface area (TPSA) is 98.6 Å². The molecule has 0 bridgehead atoms. The highest BCUT2D eigenvalue weighted by molar-refractivity contribution is 5.81. The van der Waals surface area contributed by atoms with Gasteiger partial charge in [0.2, 0.25) is 0 Å². The maximum absolute atomic E-state index is 11.8. The molecule has 4 rings (SSSR count). The minimum Gasteiger partial charge on any atom is -0.468 e. The number of hydrogen-bond acceptors (Lipinski definition) is 5. The molecule has 5 nitrogen and oxygen atoms in total. The number of aryl methyl sites for hydroxylation is 2. The second-order valence-corrected chi connectivity index (χ2v) is 15.8. The monoisotopic (exact) mass is 663 g/mol. The van der Waals surface area contributed by atoms with Crippen LogP contribution in [0.2, 0.25) is 0 Å². The Morgan fingerprint density at radius 2 is 1.12 bits per heavy atom. The number of unbranched alkanes of at least 4 members (excludes halogenated alkanes) is 10. The molecule has 0 amide bonds. The average molecular weight is 663 g/mol. The molecule has 0 heterocycles. The molecule has 0 saturated heterocycles. The molecule has 2 aliphatic rings. The van der Waals surface area contributed by atoms with Gasteiger partial charge in [-0.2, -0.15) is 0 Å². The maximum atomic E-state index is 11.8. The number of ether oxygens (including phenoxy) is 1. The minimum absolute atomic E-state index is 0.273. The van der Waals surface area contributed by atoms with E-state index in [2.05, 4.69) is 62.4 Å². The summed E-state index contributed by atoms with van der Waals surface area (Å²) >= 11 is 0. The van der Waals surface area contributed by atoms with E-state index in [1.165, 1.54) is 119 Å². The predicted octanol–water partition coefficient (Wildman–Crippen LogP) is 10.1. The van der Waals surface area contributed by atoms with Crippen LogP contribution in [0.15, 0.2) is 48.5 Å². The Labute approximate surface area is 294 Å². The first kappa shape index (κ1) is 40.2. The lowest BCUT2D eigenvalue weighted by Crippen LogP contribution is -2.55. The van der Waals surface area contributed by atoms with Crippen LogP contribution in [-0.4, -0.2) is 34.9 Å². The minimum atomic E-state index is -0.806. The molecule has 48 heavy (non-hydrogen) atoms. The van der Waals surface area contributed by atoms with E-state index in [9.17, 15) is 9.90 Å². The highest BCUT2D eigenvalue weighted by atomic mass is 16.5. The third-order valence-corrected chi connectivity index (χ3v) is 11.4. The molecule has 0 aliphatic heterocycles. The molecule has 2 aromatic rings. The third kappa shape index (κ3) is 12.3. The van der Waals surface area contributed by atoms with Crippen molar-refractivity contribution in [3.05, 3.63) is 70.8 Å². The van der Waals surface area contributed by atoms with Crippen molar-refractivity contribution in [3.63, 3.8) is 0 Å². The van der Waals surface area contributed by atoms with Crippen molar-refractivity contribution in [1.29, 1.82) is 0 Å². The van der Waals surface area contributed by atoms with Crippen LogP contribution in [0.3, 0.4) is 0 Å². The smallest absolute Gasteiger partial charge is 0.325 e. The van der Waals surface area contributed by atoms with Gasteiger partial charge in [0.25, 0.3) is 0 Å². The summed E-state index contributed by atoms with van der Waals surface area (Å²) in [6, 6.07) is 18.1. The summed E-state index contributed by atoms with van der Waals surface area (Å²) in [5, 5.41) is 10.3. The quantitative estimate of drug-likeness (QED) is 0.109. The fourth-order valence-electron chi connectivity index (χ4n) is 7.80. The summed E-state index contributed by atoms with van der Waals surface area (Å²) in [6.45, 7) is 8.21. The van der Waals surface area contributed by atoms with Crippen LogP contribution in [0, 0.1) is 0 Å². The number of aliphatic hydroxyl groups is 1. The van der Waals surface area contributed by atoms with Crippen LogP contribution in [0.4, 0.5) is 0 Å². The molecule has 0 aromatic heterocycles. The van der Waals surface area contributed by atoms with Gasteiger partial charge in [0.15, 0.2) is 0 Å². The average Bonchev–Trinajstić information content (AvgIpc) is 3.69. The van der Waals surface area contributed by atoms with E-state index >= 15 is 0 Å². The van der Waals surface area contributed by atoms with Gasteiger partial charge in [-0.05, 0) is 112 Å². The first-order valence-electron chi connectivity index (χ1n) is 19.5. The van der Waals surface area contributed by atoms with Gasteiger partial charge in [0.05, 0.1) is 12.7 Å². The molecular formula is C43H70N2O3. The lowest BCUT2D eigenvalue weighted by atomic mass is 9.80. The Bertz CT molecular complexity index is 1190. The summed E-state index contributed by atoms with van der Waals surface area (Å²) in [6.07, 6.45) is 23.7. The maximum Gasteiger partial charge on any atom is 0.325 e. The normalized spacial score (nSPS) is 23.9. The van der Waals surface area contributed by atoms with Gasteiger partial charge in [0.1, 0.15) is 5.54 Å². The molecule has 0 unspecified atom stereocenters. The Hall–Kier alpha value is -2.21. The van der Waals surface area contributed by atoms with E-state index in [0.29, 0.717) is 24.7 Å². The molecular weight excluding hydrogens is 592 g/mol. The summed E-state index contributed by atoms with van der Waals surface area (Å²) in [5.74, 6) is 0.589. The van der Waals surface area contributed by atoms with Crippen LogP contribution < -0.4 is 11.5 Å². The lowest BCUT2D eigenvalue weighted by Gasteiger charge is -2.37. The predicted molar refractivity (Wildman–Crippen MR) is 202 cm³/mol. The largest absolute Gasteiger partial charge is 0.468 e. The van der Waals surface area contributed by atoms with Gasteiger partial charge < -0.3 is 21.3 Å². The van der Waals surface area contributed by atoms with Gasteiger partial charge in [0, 0.05) is 5.54 Å². The van der Waals surface area contributed by atoms with E-state index in [4.69, 9.17) is 16.2 Å². The zero-order valence-electron chi connectivity index (χ0n) is 31.3. The summed E-state index contributed by atoms with van der Waals surface area (Å²) in [5.41, 5.74) is 16.2. The van der Waals surface area contributed by atoms with E-state index in [1.54, 1.807) is 0 Å². The number of esters is 1. The Morgan fingerprint density at radius 3 is 1.54 bits per heavy atom. The summed E-state index contributed by atoms with van der Waals surface area (Å²) in [7, 11) is 1.42. The fourth-order valence-corrected chi connectivity index (χ4v) is 7.80. The van der Waals surface area contributed by atoms with Crippen LogP contribution in [0.25, 0.3) is 0 Å². The first-order chi connectivity index (χ1) is 22.9. The van der Waals surface area contributed by atoms with Gasteiger partial charge in [-0.1, -0.05) is 127 Å². The van der Waals surface area contributed by atoms with Gasteiger partial charge in [-0.3, -0.25) is 4.79 Å². The fraction of sp³-hybridized carbons (Fsp3) is 0.698. The van der Waals surface area contributed by atoms with Crippen molar-refractivity contribution >= 4 is 5.97 Å². The molecule has 2 aromatic carbocycles. The molecule has 2 fully saturated rings. The molecule has 5 heteroatoms. The van der Waals surface area contributed by atoms with Crippen molar-refractivity contribution in [3.8, 4) is 0 Å². The highest BCUT2D eigenvalue weighted by Gasteiger charge is 2.46. The van der Waals surface area contributed by atoms with Crippen LogP contribution >= 0.6 is 0 Å². The zero-order valence-corrected chi connectivity index (χ0v) is 31.3. The summed E-state index contributed by atoms with van der Waals surface area (Å²) in [4.78, 5) is 11.8. The molecule has 4 atom stereocenters. The number of rotatable bonds is 18. The number of nitrogens with two attached hydrogens (primary N) is 2. The molecule has 0 radical (unpaired) electrons. The zero-order chi connectivity index (χ0) is 35.0. The Morgan fingerprint density at radius 1 is 0.708 bits per heavy atom. The van der Waals surface area contributed by atoms with E-state index in [-0.39, 0.29) is 5.97 Å². The van der Waals surface area contributed by atoms with Crippen molar-refractivity contribution in [2.45, 2.75) is 185 Å². The van der Waals surface area contributed by atoms with Gasteiger partial charge in [-0.25, -0.2) is 0 Å². The van der Waals surface area contributed by atoms with Gasteiger partial charge >= 0.3 is 5.97 Å². The van der Waals surface area contributed by atoms with Crippen molar-refractivity contribution in [2.24, 2.45) is 11.5 Å². The second kappa shape index (κ2) is 19.8. The second-order valence-electron chi connectivity index (χ2n) is 15.8. The number of hydrogen-bond donors (Lipinski definition) is 3. The van der Waals surface area contributed by atoms with Crippen molar-refractivity contribution in [2.75, 3.05) is 7.11 Å². The SMILES string of the molecule is CCCCCCCCc1ccc([C@@H]2CC[C@](N)(C(=O)OC)C2)cc1.CCCCCCCCc1ccc([C@@H]2CC[C@](N)(C(C)(C)O)C2)cc1. The molecule has 2 aliphatic carbocycles. The Kier molecular flexibility index (Phi) is 16.6. The molecule has 5 N–H and O–H groups in total. The number of carbonyl (C=O) groups excluding carboxylic acids is 1. The van der Waals surface area contributed by atoms with Crippen molar-refractivity contribution < 1.29 is 14.6 Å². The molecule has 2 saturated carbocycles. The number of methoxy groups -OCH3 is 1. The molecule has 0 spiro atoms. The standard InChI is InChI=1S/C22H37NO.C21H33NO2/c1-4-5-6-7-8-9-10-18-11-13-19(14-12-18)20-15-16-22(23,17-20)21(2,3)24;1-3-4-5-6-7-8-9-17-10-12-18(13-11-17)19-14-15-21(22,16-19)20(23)24-2/h11-14,20,24H,4-10,15-17,23H2,1-3H3;10-13,19H,3-9,14-16,22H2,1-2H3/t20-,22-;19-,21-/m11/s1. The third-order valence-electron chi connectivity index (χ3n) is 11.4. The van der Waals surface area contributed by atoms with Crippen LogP contribution in [0.1, 0.15) is 177 Å². The highest BCUT2D eigenvalue weighted by Crippen LogP contribution is 2.44. The number of carbonyl (C=O) groups is 1. The van der Waals surface area contributed by atoms with Crippen LogP contribution in [-0.2, 0) is 22.4 Å². The van der Waals surface area contributed by atoms with E-state index in [1.807, 2.05) is 13.8 Å². The van der Waals surface area contributed by atoms with Gasteiger partial charge in [-0.15, -0.1) is 0 Å². The van der Waals surface area contributed by atoms with E-state index < -0.39 is 16.7 Å². The lowest BCUT2D eigenvalue weighted by molar-refractivity contribution is -0.146. The molecule has 270 valence electrons. The summed E-state index contributed by atoms with van der Waals surface area (Å²) < 4.78 is 4.86. The van der Waals surface area contributed by atoms with Crippen molar-refractivity contribution in [1.82, 2.24) is 0 Å². The van der Waals surface area contributed by atoms with E-state index in [0.717, 1.165) is 25.7 Å².